The van der Waals surface area contributed by atoms with E-state index in [1.165, 1.54) is 27.4 Å². The summed E-state index contributed by atoms with van der Waals surface area (Å²) in [6, 6.07) is 11.4. The number of hydrogen-bond donors (Lipinski definition) is 1. The van der Waals surface area contributed by atoms with Gasteiger partial charge in [-0.15, -0.1) is 0 Å². The molecule has 0 unspecified atom stereocenters. The average Bonchev–Trinajstić information content (AvgIpc) is 2.96. The number of fused-ring (bicyclic) bond motifs is 1. The maximum Gasteiger partial charge on any atom is 0.277 e. The van der Waals surface area contributed by atoms with Crippen molar-refractivity contribution in [3.63, 3.8) is 0 Å². The van der Waals surface area contributed by atoms with Crippen LogP contribution in [0.5, 0.6) is 23.0 Å². The van der Waals surface area contributed by atoms with Gasteiger partial charge in [-0.2, -0.15) is 0 Å². The predicted molar refractivity (Wildman–Crippen MR) is 145 cm³/mol. The zero-order chi connectivity index (χ0) is 29.0. The fourth-order valence-corrected chi connectivity index (χ4v) is 4.20. The maximum atomic E-state index is 13.2. The van der Waals surface area contributed by atoms with Gasteiger partial charge in [-0.25, -0.2) is 0 Å². The minimum atomic E-state index is -0.804. The molecule has 4 rings (SSSR count). The molecule has 0 radical (unpaired) electrons. The molecular weight excluding hydrogens is 524 g/mol. The van der Waals surface area contributed by atoms with Gasteiger partial charge in [-0.1, -0.05) is 0 Å². The van der Waals surface area contributed by atoms with E-state index in [-0.39, 0.29) is 17.7 Å². The fraction of sp³-hybridized carbons (Fsp3) is 0.185. The van der Waals surface area contributed by atoms with Crippen LogP contribution in [0.15, 0.2) is 54.7 Å². The Balaban J connectivity index is 1.80. The number of amides is 1. The summed E-state index contributed by atoms with van der Waals surface area (Å²) in [5.41, 5.74) is 0.0677. The molecule has 0 aliphatic heterocycles. The fourth-order valence-electron chi connectivity index (χ4n) is 4.20. The first kappa shape index (κ1) is 27.6. The molecule has 1 aromatic heterocycles. The zero-order valence-corrected chi connectivity index (χ0v) is 21.9. The minimum Gasteiger partial charge on any atom is -0.493 e. The predicted octanol–water partition coefficient (Wildman–Crippen LogP) is 4.93. The van der Waals surface area contributed by atoms with Crippen LogP contribution in [0.2, 0.25) is 0 Å². The molecule has 0 saturated heterocycles. The molecule has 13 nitrogen and oxygen atoms in total. The number of benzene rings is 3. The van der Waals surface area contributed by atoms with Crippen molar-refractivity contribution in [2.45, 2.75) is 6.42 Å². The number of nitrogens with one attached hydrogen (secondary N) is 1. The first-order valence-electron chi connectivity index (χ1n) is 11.7. The Kier molecular flexibility index (Phi) is 7.94. The van der Waals surface area contributed by atoms with E-state index in [0.717, 1.165) is 29.0 Å². The number of pyridine rings is 1. The Morgan fingerprint density at radius 2 is 1.35 bits per heavy atom. The summed E-state index contributed by atoms with van der Waals surface area (Å²) < 4.78 is 21.7. The summed E-state index contributed by atoms with van der Waals surface area (Å²) in [7, 11) is 5.97. The van der Waals surface area contributed by atoms with Gasteiger partial charge < -0.3 is 24.3 Å². The number of carbonyl (C=O) groups excluding carboxylic acids is 1. The zero-order valence-electron chi connectivity index (χ0n) is 21.9. The van der Waals surface area contributed by atoms with E-state index < -0.39 is 27.1 Å². The van der Waals surface area contributed by atoms with E-state index in [1.54, 1.807) is 25.4 Å². The second-order valence-electron chi connectivity index (χ2n) is 8.43. The molecule has 0 fully saturated rings. The molecule has 1 amide bonds. The molecule has 1 heterocycles. The van der Waals surface area contributed by atoms with Crippen LogP contribution in [0.3, 0.4) is 0 Å². The van der Waals surface area contributed by atoms with Crippen molar-refractivity contribution < 1.29 is 33.6 Å². The lowest BCUT2D eigenvalue weighted by molar-refractivity contribution is -0.394. The van der Waals surface area contributed by atoms with Crippen LogP contribution in [0.25, 0.3) is 10.8 Å². The highest BCUT2D eigenvalue weighted by Crippen LogP contribution is 2.37. The molecule has 1 N–H and O–H groups in total. The number of methoxy groups -OCH3 is 4. The van der Waals surface area contributed by atoms with Crippen LogP contribution in [0.4, 0.5) is 17.1 Å². The quantitative estimate of drug-likeness (QED) is 0.212. The van der Waals surface area contributed by atoms with Crippen LogP contribution in [-0.4, -0.2) is 49.2 Å². The summed E-state index contributed by atoms with van der Waals surface area (Å²) in [5, 5.41) is 26.9. The van der Waals surface area contributed by atoms with Gasteiger partial charge in [0.15, 0.2) is 23.0 Å². The molecule has 3 aromatic carbocycles. The molecule has 0 saturated carbocycles. The van der Waals surface area contributed by atoms with Crippen LogP contribution in [0.1, 0.15) is 21.6 Å². The standard InChI is InChI=1S/C27H24N4O9/c1-37-23-10-15-5-6-28-22(20(15)13-25(23)39-3)9-16-11-24(38-2)26(40-4)14-21(16)29-27(32)17-7-18(30(33)34)12-19(8-17)31(35)36/h5-8,10-14H,9H2,1-4H3,(H,29,32). The van der Waals surface area contributed by atoms with Crippen molar-refractivity contribution >= 4 is 33.7 Å². The summed E-state index contributed by atoms with van der Waals surface area (Å²) in [6.07, 6.45) is 1.86. The van der Waals surface area contributed by atoms with Crippen LogP contribution >= 0.6 is 0 Å². The van der Waals surface area contributed by atoms with Crippen molar-refractivity contribution in [1.29, 1.82) is 0 Å². The molecule has 0 spiro atoms. The number of aromatic nitrogens is 1. The van der Waals surface area contributed by atoms with Crippen LogP contribution in [-0.2, 0) is 6.42 Å². The van der Waals surface area contributed by atoms with Crippen LogP contribution < -0.4 is 24.3 Å². The molecule has 13 heteroatoms. The van der Waals surface area contributed by atoms with Gasteiger partial charge in [0.1, 0.15) is 0 Å². The average molecular weight is 549 g/mol. The van der Waals surface area contributed by atoms with Crippen LogP contribution in [0, 0.1) is 20.2 Å². The summed E-state index contributed by atoms with van der Waals surface area (Å²) >= 11 is 0. The Morgan fingerprint density at radius 3 is 1.93 bits per heavy atom. The van der Waals surface area contributed by atoms with E-state index in [1.807, 2.05) is 12.1 Å². The van der Waals surface area contributed by atoms with Gasteiger partial charge in [0.25, 0.3) is 17.3 Å². The van der Waals surface area contributed by atoms with E-state index in [9.17, 15) is 25.0 Å². The van der Waals surface area contributed by atoms with E-state index in [0.29, 0.717) is 34.3 Å². The second-order valence-corrected chi connectivity index (χ2v) is 8.43. The maximum absolute atomic E-state index is 13.2. The number of nitrogens with zero attached hydrogens (tertiary/aromatic N) is 3. The van der Waals surface area contributed by atoms with E-state index in [4.69, 9.17) is 18.9 Å². The van der Waals surface area contributed by atoms with Gasteiger partial charge in [-0.05, 0) is 35.2 Å². The molecule has 0 aliphatic rings. The largest absolute Gasteiger partial charge is 0.493 e. The summed E-state index contributed by atoms with van der Waals surface area (Å²) in [4.78, 5) is 38.8. The highest BCUT2D eigenvalue weighted by Gasteiger charge is 2.22. The number of hydrogen-bond acceptors (Lipinski definition) is 10. The van der Waals surface area contributed by atoms with Crippen molar-refractivity contribution in [2.24, 2.45) is 0 Å². The van der Waals surface area contributed by atoms with Crippen molar-refractivity contribution in [3.8, 4) is 23.0 Å². The van der Waals surface area contributed by atoms with Crippen molar-refractivity contribution in [1.82, 2.24) is 4.98 Å². The molecule has 0 aliphatic carbocycles. The van der Waals surface area contributed by atoms with Gasteiger partial charge in [-0.3, -0.25) is 30.0 Å². The topological polar surface area (TPSA) is 165 Å². The summed E-state index contributed by atoms with van der Waals surface area (Å²) in [5.74, 6) is 0.969. The smallest absolute Gasteiger partial charge is 0.277 e. The molecular formula is C27H24N4O9. The summed E-state index contributed by atoms with van der Waals surface area (Å²) in [6.45, 7) is 0. The number of carbonyl (C=O) groups is 1. The highest BCUT2D eigenvalue weighted by atomic mass is 16.6. The van der Waals surface area contributed by atoms with Gasteiger partial charge in [0.05, 0.1) is 55.6 Å². The van der Waals surface area contributed by atoms with Crippen molar-refractivity contribution in [2.75, 3.05) is 33.8 Å². The third-order valence-corrected chi connectivity index (χ3v) is 6.15. The Morgan fingerprint density at radius 1 is 0.800 bits per heavy atom. The lowest BCUT2D eigenvalue weighted by Crippen LogP contribution is -2.15. The molecule has 4 aromatic rings. The first-order valence-corrected chi connectivity index (χ1v) is 11.7. The molecule has 206 valence electrons. The molecule has 0 bridgehead atoms. The number of ether oxygens (including phenoxy) is 4. The number of anilines is 1. The number of nitro groups is 2. The van der Waals surface area contributed by atoms with E-state index in [2.05, 4.69) is 10.3 Å². The normalized spacial score (nSPS) is 10.6. The van der Waals surface area contributed by atoms with E-state index >= 15 is 0 Å². The molecule has 40 heavy (non-hydrogen) atoms. The Bertz CT molecular complexity index is 1610. The Labute approximate surface area is 227 Å². The van der Waals surface area contributed by atoms with Gasteiger partial charge in [0.2, 0.25) is 0 Å². The van der Waals surface area contributed by atoms with Gasteiger partial charge >= 0.3 is 0 Å². The number of nitro benzene ring substituents is 2. The number of rotatable bonds is 10. The first-order chi connectivity index (χ1) is 19.2. The SMILES string of the molecule is COc1cc(Cc2nccc3cc(OC)c(OC)cc23)c(NC(=O)c2cc([N+](=O)[O-])cc([N+](=O)[O-])c2)cc1OC. The third-order valence-electron chi connectivity index (χ3n) is 6.15. The number of non-ortho nitro benzene ring substituents is 2. The third kappa shape index (κ3) is 5.53. The minimum absolute atomic E-state index is 0.220. The highest BCUT2D eigenvalue weighted by molar-refractivity contribution is 6.05. The molecule has 0 atom stereocenters. The van der Waals surface area contributed by atoms with Crippen molar-refractivity contribution in [3.05, 3.63) is 91.8 Å². The second kappa shape index (κ2) is 11.5. The Hall–Kier alpha value is -5.46. The monoisotopic (exact) mass is 548 g/mol. The van der Waals surface area contributed by atoms with Gasteiger partial charge in [0, 0.05) is 41.9 Å². The lowest BCUT2D eigenvalue weighted by atomic mass is 10.0. The lowest BCUT2D eigenvalue weighted by Gasteiger charge is -2.17.